The number of nitrogens with zero attached hydrogens (tertiary/aromatic N) is 4. The van der Waals surface area contributed by atoms with Crippen LogP contribution in [-0.2, 0) is 17.8 Å². The van der Waals surface area contributed by atoms with Crippen molar-refractivity contribution < 1.29 is 4.79 Å². The van der Waals surface area contributed by atoms with Gasteiger partial charge in [0.2, 0.25) is 5.91 Å². The molecule has 0 unspecified atom stereocenters. The number of carbonyl (C=O) groups excluding carboxylic acids is 1. The Hall–Kier alpha value is -1.43. The summed E-state index contributed by atoms with van der Waals surface area (Å²) in [6.45, 7) is 10.4. The number of aromatic nitrogens is 3. The van der Waals surface area contributed by atoms with Crippen molar-refractivity contribution in [3.63, 3.8) is 0 Å². The largest absolute Gasteiger partial charge is 0.343 e. The lowest BCUT2D eigenvalue weighted by Gasteiger charge is -2.34. The van der Waals surface area contributed by atoms with Crippen LogP contribution in [0, 0.1) is 5.92 Å². The zero-order chi connectivity index (χ0) is 15.2. The van der Waals surface area contributed by atoms with Crippen molar-refractivity contribution in [3.05, 3.63) is 11.6 Å². The van der Waals surface area contributed by atoms with E-state index in [1.54, 1.807) is 0 Å². The second kappa shape index (κ2) is 7.54. The quantitative estimate of drug-likeness (QED) is 0.862. The molecule has 0 aromatic carbocycles. The first-order valence-corrected chi connectivity index (χ1v) is 8.09. The SMILES string of the molecule is CCc1n[nH]c(CN2CCC[C@H](C(=O)N(CC)CC)C2)n1. The summed E-state index contributed by atoms with van der Waals surface area (Å²) in [7, 11) is 0. The van der Waals surface area contributed by atoms with Gasteiger partial charge in [-0.1, -0.05) is 6.92 Å². The summed E-state index contributed by atoms with van der Waals surface area (Å²) >= 11 is 0. The lowest BCUT2D eigenvalue weighted by molar-refractivity contribution is -0.137. The molecule has 0 radical (unpaired) electrons. The van der Waals surface area contributed by atoms with Crippen molar-refractivity contribution in [2.75, 3.05) is 26.2 Å². The smallest absolute Gasteiger partial charge is 0.226 e. The molecule has 0 aliphatic carbocycles. The lowest BCUT2D eigenvalue weighted by atomic mass is 9.96. The maximum Gasteiger partial charge on any atom is 0.226 e. The summed E-state index contributed by atoms with van der Waals surface area (Å²) < 4.78 is 0. The van der Waals surface area contributed by atoms with Gasteiger partial charge in [0.25, 0.3) is 0 Å². The normalized spacial score (nSPS) is 19.7. The summed E-state index contributed by atoms with van der Waals surface area (Å²) in [5.41, 5.74) is 0. The van der Waals surface area contributed by atoms with Crippen molar-refractivity contribution in [3.8, 4) is 0 Å². The van der Waals surface area contributed by atoms with Gasteiger partial charge in [0, 0.05) is 26.1 Å². The number of carbonyl (C=O) groups is 1. The molecule has 6 nitrogen and oxygen atoms in total. The monoisotopic (exact) mass is 293 g/mol. The third-order valence-corrected chi connectivity index (χ3v) is 4.20. The molecule has 0 saturated carbocycles. The number of piperidine rings is 1. The van der Waals surface area contributed by atoms with Gasteiger partial charge in [-0.2, -0.15) is 5.10 Å². The standard InChI is InChI=1S/C15H27N5O/c1-4-13-16-14(18-17-13)11-19-9-7-8-12(10-19)15(21)20(5-2)6-3/h12H,4-11H2,1-3H3,(H,16,17,18)/t12-/m0/s1. The van der Waals surface area contributed by atoms with E-state index in [1.807, 2.05) is 25.7 Å². The molecule has 118 valence electrons. The summed E-state index contributed by atoms with van der Waals surface area (Å²) in [6.07, 6.45) is 2.93. The fourth-order valence-electron chi connectivity index (χ4n) is 2.97. The molecule has 6 heteroatoms. The second-order valence-electron chi connectivity index (χ2n) is 5.64. The maximum atomic E-state index is 12.5. The second-order valence-corrected chi connectivity index (χ2v) is 5.64. The average Bonchev–Trinajstić information content (AvgIpc) is 2.96. The number of hydrogen-bond donors (Lipinski definition) is 1. The molecule has 1 aliphatic heterocycles. The summed E-state index contributed by atoms with van der Waals surface area (Å²) in [5, 5.41) is 7.17. The fraction of sp³-hybridized carbons (Fsp3) is 0.800. The van der Waals surface area contributed by atoms with Crippen LogP contribution in [0.1, 0.15) is 45.3 Å². The van der Waals surface area contributed by atoms with E-state index < -0.39 is 0 Å². The minimum atomic E-state index is 0.132. The van der Waals surface area contributed by atoms with E-state index >= 15 is 0 Å². The van der Waals surface area contributed by atoms with Crippen LogP contribution >= 0.6 is 0 Å². The summed E-state index contributed by atoms with van der Waals surface area (Å²) in [5.74, 6) is 2.20. The molecule has 1 N–H and O–H groups in total. The van der Waals surface area contributed by atoms with Gasteiger partial charge in [0.1, 0.15) is 11.6 Å². The van der Waals surface area contributed by atoms with Crippen molar-refractivity contribution in [2.45, 2.75) is 46.6 Å². The number of H-pyrrole nitrogens is 1. The molecular formula is C15H27N5O. The molecule has 1 aromatic heterocycles. The Kier molecular flexibility index (Phi) is 5.73. The third kappa shape index (κ3) is 4.03. The number of aromatic amines is 1. The molecule has 0 spiro atoms. The Labute approximate surface area is 126 Å². The number of nitrogens with one attached hydrogen (secondary N) is 1. The Bertz CT molecular complexity index is 455. The zero-order valence-electron chi connectivity index (χ0n) is 13.4. The molecule has 1 atom stereocenters. The van der Waals surface area contributed by atoms with Gasteiger partial charge in [0.05, 0.1) is 12.5 Å². The number of rotatable bonds is 6. The van der Waals surface area contributed by atoms with E-state index in [0.717, 1.165) is 63.6 Å². The highest BCUT2D eigenvalue weighted by atomic mass is 16.2. The van der Waals surface area contributed by atoms with Crippen LogP contribution in [0.15, 0.2) is 0 Å². The number of aryl methyl sites for hydroxylation is 1. The van der Waals surface area contributed by atoms with Crippen LogP contribution in [0.3, 0.4) is 0 Å². The molecule has 2 heterocycles. The van der Waals surface area contributed by atoms with E-state index in [-0.39, 0.29) is 5.92 Å². The van der Waals surface area contributed by atoms with Gasteiger partial charge < -0.3 is 4.90 Å². The molecule has 1 aliphatic rings. The molecule has 21 heavy (non-hydrogen) atoms. The number of amides is 1. The van der Waals surface area contributed by atoms with E-state index in [4.69, 9.17) is 0 Å². The summed E-state index contributed by atoms with van der Waals surface area (Å²) in [6, 6.07) is 0. The molecule has 1 amide bonds. The van der Waals surface area contributed by atoms with Crippen molar-refractivity contribution in [1.29, 1.82) is 0 Å². The van der Waals surface area contributed by atoms with E-state index in [2.05, 4.69) is 20.1 Å². The van der Waals surface area contributed by atoms with Crippen LogP contribution in [0.4, 0.5) is 0 Å². The van der Waals surface area contributed by atoms with Crippen LogP contribution < -0.4 is 0 Å². The minimum Gasteiger partial charge on any atom is -0.343 e. The molecule has 0 bridgehead atoms. The molecule has 1 fully saturated rings. The van der Waals surface area contributed by atoms with Crippen molar-refractivity contribution in [1.82, 2.24) is 25.0 Å². The van der Waals surface area contributed by atoms with Crippen molar-refractivity contribution >= 4 is 5.91 Å². The number of hydrogen-bond acceptors (Lipinski definition) is 4. The van der Waals surface area contributed by atoms with Crippen molar-refractivity contribution in [2.24, 2.45) is 5.92 Å². The number of likely N-dealkylation sites (tertiary alicyclic amines) is 1. The highest BCUT2D eigenvalue weighted by Crippen LogP contribution is 2.20. The van der Waals surface area contributed by atoms with Crippen LogP contribution in [-0.4, -0.2) is 57.1 Å². The van der Waals surface area contributed by atoms with E-state index in [1.165, 1.54) is 0 Å². The Balaban J connectivity index is 1.92. The van der Waals surface area contributed by atoms with Gasteiger partial charge in [-0.3, -0.25) is 14.8 Å². The van der Waals surface area contributed by atoms with E-state index in [9.17, 15) is 4.79 Å². The highest BCUT2D eigenvalue weighted by molar-refractivity contribution is 5.79. The Morgan fingerprint density at radius 1 is 1.38 bits per heavy atom. The Morgan fingerprint density at radius 3 is 2.76 bits per heavy atom. The first-order chi connectivity index (χ1) is 10.2. The molecular weight excluding hydrogens is 266 g/mol. The first kappa shape index (κ1) is 15.9. The molecule has 1 saturated heterocycles. The van der Waals surface area contributed by atoms with Crippen LogP contribution in [0.25, 0.3) is 0 Å². The van der Waals surface area contributed by atoms with Gasteiger partial charge in [-0.05, 0) is 33.2 Å². The van der Waals surface area contributed by atoms with Gasteiger partial charge >= 0.3 is 0 Å². The zero-order valence-corrected chi connectivity index (χ0v) is 13.4. The lowest BCUT2D eigenvalue weighted by Crippen LogP contribution is -2.44. The summed E-state index contributed by atoms with van der Waals surface area (Å²) in [4.78, 5) is 21.2. The van der Waals surface area contributed by atoms with Crippen LogP contribution in [0.5, 0.6) is 0 Å². The predicted molar refractivity (Wildman–Crippen MR) is 81.7 cm³/mol. The highest BCUT2D eigenvalue weighted by Gasteiger charge is 2.28. The molecule has 1 aromatic rings. The minimum absolute atomic E-state index is 0.132. The van der Waals surface area contributed by atoms with Crippen LogP contribution in [0.2, 0.25) is 0 Å². The molecule has 2 rings (SSSR count). The van der Waals surface area contributed by atoms with E-state index in [0.29, 0.717) is 5.91 Å². The first-order valence-electron chi connectivity index (χ1n) is 8.09. The fourth-order valence-corrected chi connectivity index (χ4v) is 2.97. The Morgan fingerprint density at radius 2 is 2.14 bits per heavy atom. The topological polar surface area (TPSA) is 65.1 Å². The van der Waals surface area contributed by atoms with Gasteiger partial charge in [-0.15, -0.1) is 0 Å². The van der Waals surface area contributed by atoms with Gasteiger partial charge in [0.15, 0.2) is 0 Å². The maximum absolute atomic E-state index is 12.5. The average molecular weight is 293 g/mol. The predicted octanol–water partition coefficient (Wildman–Crippen LogP) is 1.45. The van der Waals surface area contributed by atoms with Gasteiger partial charge in [-0.25, -0.2) is 4.98 Å². The third-order valence-electron chi connectivity index (χ3n) is 4.20.